The van der Waals surface area contributed by atoms with E-state index in [9.17, 15) is 0 Å². The van der Waals surface area contributed by atoms with Crippen LogP contribution < -0.4 is 11.3 Å². The molecule has 1 unspecified atom stereocenters. The van der Waals surface area contributed by atoms with Crippen LogP contribution in [0, 0.1) is 0 Å². The zero-order valence-electron chi connectivity index (χ0n) is 10.8. The summed E-state index contributed by atoms with van der Waals surface area (Å²) in [5.41, 5.74) is 5.49. The third kappa shape index (κ3) is 2.79. The van der Waals surface area contributed by atoms with Crippen molar-refractivity contribution in [3.05, 3.63) is 69.5 Å². The van der Waals surface area contributed by atoms with Gasteiger partial charge in [-0.3, -0.25) is 11.3 Å². The minimum Gasteiger partial charge on any atom is -0.271 e. The SMILES string of the molecule is NNC(Cc1ccc(Br)cc1)c1cccc2ccsc12. The largest absolute Gasteiger partial charge is 0.271 e. The molecule has 1 atom stereocenters. The van der Waals surface area contributed by atoms with E-state index in [4.69, 9.17) is 5.84 Å². The predicted molar refractivity (Wildman–Crippen MR) is 89.7 cm³/mol. The van der Waals surface area contributed by atoms with Crippen LogP contribution in [0.2, 0.25) is 0 Å². The van der Waals surface area contributed by atoms with Crippen molar-refractivity contribution in [3.8, 4) is 0 Å². The van der Waals surface area contributed by atoms with Crippen LogP contribution in [0.3, 0.4) is 0 Å². The molecule has 0 radical (unpaired) electrons. The van der Waals surface area contributed by atoms with Crippen LogP contribution in [-0.2, 0) is 6.42 Å². The third-order valence-electron chi connectivity index (χ3n) is 3.44. The first kappa shape index (κ1) is 13.8. The van der Waals surface area contributed by atoms with Crippen LogP contribution in [0.4, 0.5) is 0 Å². The number of nitrogens with two attached hydrogens (primary N) is 1. The fraction of sp³-hybridized carbons (Fsp3) is 0.125. The number of hydrazine groups is 1. The minimum atomic E-state index is 0.124. The van der Waals surface area contributed by atoms with E-state index in [0.717, 1.165) is 10.9 Å². The lowest BCUT2D eigenvalue weighted by molar-refractivity contribution is 0.556. The quantitative estimate of drug-likeness (QED) is 0.542. The summed E-state index contributed by atoms with van der Waals surface area (Å²) in [4.78, 5) is 0. The van der Waals surface area contributed by atoms with Gasteiger partial charge in [0.1, 0.15) is 0 Å². The first-order valence-corrected chi connectivity index (χ1v) is 8.12. The monoisotopic (exact) mass is 346 g/mol. The number of rotatable bonds is 4. The van der Waals surface area contributed by atoms with Gasteiger partial charge in [0, 0.05) is 9.17 Å². The molecule has 4 heteroatoms. The molecule has 0 saturated carbocycles. The second-order valence-corrected chi connectivity index (χ2v) is 6.57. The van der Waals surface area contributed by atoms with E-state index >= 15 is 0 Å². The van der Waals surface area contributed by atoms with Gasteiger partial charge in [0.2, 0.25) is 0 Å². The van der Waals surface area contributed by atoms with Crippen molar-refractivity contribution in [1.29, 1.82) is 0 Å². The second-order valence-electron chi connectivity index (χ2n) is 4.74. The third-order valence-corrected chi connectivity index (χ3v) is 4.95. The predicted octanol–water partition coefficient (Wildman–Crippen LogP) is 4.41. The van der Waals surface area contributed by atoms with E-state index in [1.165, 1.54) is 21.2 Å². The Labute approximate surface area is 130 Å². The Bertz CT molecular complexity index is 706. The van der Waals surface area contributed by atoms with E-state index in [1.54, 1.807) is 11.3 Å². The highest BCUT2D eigenvalue weighted by atomic mass is 79.9. The van der Waals surface area contributed by atoms with Gasteiger partial charge in [-0.1, -0.05) is 46.3 Å². The Hall–Kier alpha value is -1.20. The molecule has 0 aliphatic carbocycles. The van der Waals surface area contributed by atoms with Gasteiger partial charge in [-0.05, 0) is 46.5 Å². The number of hydrogen-bond donors (Lipinski definition) is 2. The van der Waals surface area contributed by atoms with Crippen LogP contribution in [0.1, 0.15) is 17.2 Å². The summed E-state index contributed by atoms with van der Waals surface area (Å²) in [6, 6.07) is 17.0. The summed E-state index contributed by atoms with van der Waals surface area (Å²) in [6.45, 7) is 0. The maximum absolute atomic E-state index is 5.79. The van der Waals surface area contributed by atoms with Crippen molar-refractivity contribution >= 4 is 37.4 Å². The Morgan fingerprint density at radius 2 is 1.90 bits per heavy atom. The lowest BCUT2D eigenvalue weighted by atomic mass is 9.98. The van der Waals surface area contributed by atoms with Crippen molar-refractivity contribution in [3.63, 3.8) is 0 Å². The van der Waals surface area contributed by atoms with Crippen molar-refractivity contribution in [1.82, 2.24) is 5.43 Å². The summed E-state index contributed by atoms with van der Waals surface area (Å²) < 4.78 is 2.41. The molecular formula is C16H15BrN2S. The Balaban J connectivity index is 1.93. The van der Waals surface area contributed by atoms with Crippen molar-refractivity contribution in [2.24, 2.45) is 5.84 Å². The molecule has 3 rings (SSSR count). The van der Waals surface area contributed by atoms with Gasteiger partial charge in [0.15, 0.2) is 0 Å². The normalized spacial score (nSPS) is 12.7. The van der Waals surface area contributed by atoms with Crippen LogP contribution >= 0.6 is 27.3 Å². The van der Waals surface area contributed by atoms with E-state index < -0.39 is 0 Å². The topological polar surface area (TPSA) is 38.0 Å². The first-order chi connectivity index (χ1) is 9.78. The summed E-state index contributed by atoms with van der Waals surface area (Å²) in [6.07, 6.45) is 0.876. The highest BCUT2D eigenvalue weighted by Gasteiger charge is 2.14. The van der Waals surface area contributed by atoms with Crippen LogP contribution in [0.25, 0.3) is 10.1 Å². The zero-order valence-corrected chi connectivity index (χ0v) is 13.2. The lowest BCUT2D eigenvalue weighted by Crippen LogP contribution is -2.29. The van der Waals surface area contributed by atoms with E-state index in [2.05, 4.69) is 75.3 Å². The number of halogens is 1. The standard InChI is InChI=1S/C16H15BrN2S/c17-13-6-4-11(5-7-13)10-15(19-18)14-3-1-2-12-8-9-20-16(12)14/h1-9,15,19H,10,18H2. The van der Waals surface area contributed by atoms with Gasteiger partial charge in [0.05, 0.1) is 6.04 Å². The second kappa shape index (κ2) is 6.06. The van der Waals surface area contributed by atoms with Crippen molar-refractivity contribution in [2.45, 2.75) is 12.5 Å². The van der Waals surface area contributed by atoms with Crippen molar-refractivity contribution < 1.29 is 0 Å². The van der Waals surface area contributed by atoms with Crippen LogP contribution in [-0.4, -0.2) is 0 Å². The molecule has 0 bridgehead atoms. The minimum absolute atomic E-state index is 0.124. The molecule has 0 aliphatic rings. The Kier molecular flexibility index (Phi) is 4.17. The van der Waals surface area contributed by atoms with Gasteiger partial charge in [-0.25, -0.2) is 0 Å². The molecular weight excluding hydrogens is 332 g/mol. The number of fused-ring (bicyclic) bond motifs is 1. The molecule has 0 fully saturated rings. The van der Waals surface area contributed by atoms with E-state index in [-0.39, 0.29) is 6.04 Å². The molecule has 3 N–H and O–H groups in total. The lowest BCUT2D eigenvalue weighted by Gasteiger charge is -2.17. The highest BCUT2D eigenvalue weighted by molar-refractivity contribution is 9.10. The highest BCUT2D eigenvalue weighted by Crippen LogP contribution is 2.30. The molecule has 2 nitrogen and oxygen atoms in total. The number of hydrogen-bond acceptors (Lipinski definition) is 3. The number of nitrogens with one attached hydrogen (secondary N) is 1. The van der Waals surface area contributed by atoms with Crippen molar-refractivity contribution in [2.75, 3.05) is 0 Å². The van der Waals surface area contributed by atoms with Gasteiger partial charge in [-0.15, -0.1) is 11.3 Å². The molecule has 102 valence electrons. The molecule has 1 heterocycles. The zero-order chi connectivity index (χ0) is 13.9. The summed E-state index contributed by atoms with van der Waals surface area (Å²) in [5.74, 6) is 5.79. The smallest absolute Gasteiger partial charge is 0.0514 e. The summed E-state index contributed by atoms with van der Waals surface area (Å²) in [5, 5.41) is 3.41. The Morgan fingerprint density at radius 3 is 2.65 bits per heavy atom. The van der Waals surface area contributed by atoms with Gasteiger partial charge in [-0.2, -0.15) is 0 Å². The maximum Gasteiger partial charge on any atom is 0.0514 e. The van der Waals surface area contributed by atoms with Crippen LogP contribution in [0.5, 0.6) is 0 Å². The molecule has 0 amide bonds. The number of benzene rings is 2. The maximum atomic E-state index is 5.79. The summed E-state index contributed by atoms with van der Waals surface area (Å²) >= 11 is 5.23. The van der Waals surface area contributed by atoms with E-state index in [1.807, 2.05) is 0 Å². The fourth-order valence-electron chi connectivity index (χ4n) is 2.41. The molecule has 0 saturated heterocycles. The molecule has 0 aliphatic heterocycles. The summed E-state index contributed by atoms with van der Waals surface area (Å²) in [7, 11) is 0. The Morgan fingerprint density at radius 1 is 1.10 bits per heavy atom. The average Bonchev–Trinajstić information content (AvgIpc) is 2.95. The van der Waals surface area contributed by atoms with Gasteiger partial charge >= 0.3 is 0 Å². The molecule has 3 aromatic rings. The molecule has 20 heavy (non-hydrogen) atoms. The van der Waals surface area contributed by atoms with Gasteiger partial charge in [0.25, 0.3) is 0 Å². The molecule has 1 aromatic heterocycles. The van der Waals surface area contributed by atoms with Crippen LogP contribution in [0.15, 0.2) is 58.4 Å². The van der Waals surface area contributed by atoms with Gasteiger partial charge < -0.3 is 0 Å². The van der Waals surface area contributed by atoms with E-state index in [0.29, 0.717) is 0 Å². The molecule has 2 aromatic carbocycles. The molecule has 0 spiro atoms. The fourth-order valence-corrected chi connectivity index (χ4v) is 3.64. The number of thiophene rings is 1. The average molecular weight is 347 g/mol. The first-order valence-electron chi connectivity index (χ1n) is 6.44.